The summed E-state index contributed by atoms with van der Waals surface area (Å²) in [5, 5.41) is 6.39. The van der Waals surface area contributed by atoms with Crippen molar-refractivity contribution in [2.45, 2.75) is 31.3 Å². The van der Waals surface area contributed by atoms with E-state index in [1.54, 1.807) is 44.3 Å². The molecule has 0 bridgehead atoms. The maximum atomic E-state index is 13.8. The number of halogens is 2. The number of ether oxygens (including phenoxy) is 1. The number of benzene rings is 2. The molecule has 10 heteroatoms. The standard InChI is InChI=1S/C21H29FN4O3S.HI/c1-15-5-8-18(13-20(15)22)16(2)26-21(23-3)24-14-17-6-9-19(10-7-17)30(27,28)25-11-12-29-4;/h5-10,13,16,25H,11-12,14H2,1-4H3,(H2,23,24,26);1H. The SMILES string of the molecule is CN=C(NCc1ccc(S(=O)(=O)NCCOC)cc1)NC(C)c1ccc(C)c(F)c1.I. The fourth-order valence-electron chi connectivity index (χ4n) is 2.70. The summed E-state index contributed by atoms with van der Waals surface area (Å²) in [4.78, 5) is 4.38. The highest BCUT2D eigenvalue weighted by atomic mass is 127. The third-order valence-electron chi connectivity index (χ3n) is 4.56. The average Bonchev–Trinajstić information content (AvgIpc) is 2.73. The van der Waals surface area contributed by atoms with Crippen molar-refractivity contribution in [3.8, 4) is 0 Å². The topological polar surface area (TPSA) is 91.8 Å². The van der Waals surface area contributed by atoms with E-state index in [2.05, 4.69) is 20.3 Å². The maximum Gasteiger partial charge on any atom is 0.240 e. The molecule has 0 aromatic heterocycles. The predicted molar refractivity (Wildman–Crippen MR) is 132 cm³/mol. The van der Waals surface area contributed by atoms with Crippen molar-refractivity contribution in [1.82, 2.24) is 15.4 Å². The molecule has 1 atom stereocenters. The Balaban J connectivity index is 0.00000480. The number of methoxy groups -OCH3 is 1. The van der Waals surface area contributed by atoms with Gasteiger partial charge in [0.1, 0.15) is 5.82 Å². The smallest absolute Gasteiger partial charge is 0.240 e. The summed E-state index contributed by atoms with van der Waals surface area (Å²) in [6, 6.07) is 11.6. The van der Waals surface area contributed by atoms with E-state index in [0.29, 0.717) is 24.7 Å². The number of hydrogen-bond acceptors (Lipinski definition) is 4. The Morgan fingerprint density at radius 1 is 1.19 bits per heavy atom. The number of aliphatic imine (C=N–C) groups is 1. The molecule has 0 amide bonds. The normalized spacial score (nSPS) is 12.7. The number of nitrogens with one attached hydrogen (secondary N) is 3. The highest BCUT2D eigenvalue weighted by Crippen LogP contribution is 2.16. The van der Waals surface area contributed by atoms with Gasteiger partial charge in [-0.25, -0.2) is 17.5 Å². The van der Waals surface area contributed by atoms with Gasteiger partial charge in [-0.1, -0.05) is 24.3 Å². The van der Waals surface area contributed by atoms with Crippen LogP contribution in [-0.4, -0.2) is 41.7 Å². The maximum absolute atomic E-state index is 13.8. The first kappa shape index (κ1) is 27.3. The first-order valence-corrected chi connectivity index (χ1v) is 11.1. The number of hydrogen-bond donors (Lipinski definition) is 3. The van der Waals surface area contributed by atoms with Crippen LogP contribution in [0.1, 0.15) is 29.7 Å². The van der Waals surface area contributed by atoms with Crippen molar-refractivity contribution in [2.24, 2.45) is 4.99 Å². The van der Waals surface area contributed by atoms with Gasteiger partial charge < -0.3 is 15.4 Å². The number of nitrogens with zero attached hydrogens (tertiary/aromatic N) is 1. The Labute approximate surface area is 201 Å². The molecular weight excluding hydrogens is 534 g/mol. The summed E-state index contributed by atoms with van der Waals surface area (Å²) in [5.41, 5.74) is 2.31. The lowest BCUT2D eigenvalue weighted by Gasteiger charge is -2.19. The minimum atomic E-state index is -3.56. The van der Waals surface area contributed by atoms with Gasteiger partial charge in [0.05, 0.1) is 17.5 Å². The lowest BCUT2D eigenvalue weighted by molar-refractivity contribution is 0.204. The number of rotatable bonds is 9. The van der Waals surface area contributed by atoms with Gasteiger partial charge in [0.25, 0.3) is 0 Å². The molecule has 2 aromatic rings. The Morgan fingerprint density at radius 2 is 1.87 bits per heavy atom. The van der Waals surface area contributed by atoms with Gasteiger partial charge in [0, 0.05) is 27.2 Å². The van der Waals surface area contributed by atoms with Crippen molar-refractivity contribution in [3.63, 3.8) is 0 Å². The van der Waals surface area contributed by atoms with Crippen LogP contribution in [0.15, 0.2) is 52.4 Å². The first-order chi connectivity index (χ1) is 14.3. The second kappa shape index (κ2) is 12.9. The van der Waals surface area contributed by atoms with Crippen molar-refractivity contribution in [1.29, 1.82) is 0 Å². The summed E-state index contributed by atoms with van der Waals surface area (Å²) in [6.45, 7) is 4.62. The predicted octanol–water partition coefficient (Wildman–Crippen LogP) is 3.10. The number of aryl methyl sites for hydroxylation is 1. The fraction of sp³-hybridized carbons (Fsp3) is 0.381. The summed E-state index contributed by atoms with van der Waals surface area (Å²) in [7, 11) is -0.391. The van der Waals surface area contributed by atoms with E-state index in [-0.39, 0.29) is 47.3 Å². The molecule has 0 aliphatic heterocycles. The van der Waals surface area contributed by atoms with Gasteiger partial charge in [-0.3, -0.25) is 4.99 Å². The third-order valence-corrected chi connectivity index (χ3v) is 6.04. The monoisotopic (exact) mass is 564 g/mol. The largest absolute Gasteiger partial charge is 0.383 e. The zero-order chi connectivity index (χ0) is 22.1. The molecule has 0 aliphatic rings. The minimum absolute atomic E-state index is 0. The molecule has 31 heavy (non-hydrogen) atoms. The van der Waals surface area contributed by atoms with Crippen LogP contribution >= 0.6 is 24.0 Å². The lowest BCUT2D eigenvalue weighted by atomic mass is 10.1. The molecule has 0 saturated heterocycles. The van der Waals surface area contributed by atoms with E-state index in [4.69, 9.17) is 4.74 Å². The molecule has 0 saturated carbocycles. The van der Waals surface area contributed by atoms with Gasteiger partial charge in [0.15, 0.2) is 5.96 Å². The van der Waals surface area contributed by atoms with Gasteiger partial charge in [-0.15, -0.1) is 24.0 Å². The number of guanidine groups is 1. The average molecular weight is 564 g/mol. The van der Waals surface area contributed by atoms with Crippen LogP contribution < -0.4 is 15.4 Å². The zero-order valence-electron chi connectivity index (χ0n) is 18.1. The Bertz CT molecular complexity index is 969. The van der Waals surface area contributed by atoms with Crippen molar-refractivity contribution in [3.05, 3.63) is 65.0 Å². The van der Waals surface area contributed by atoms with Crippen LogP contribution in [0.5, 0.6) is 0 Å². The third kappa shape index (κ3) is 8.36. The minimum Gasteiger partial charge on any atom is -0.383 e. The van der Waals surface area contributed by atoms with Crippen LogP contribution in [0.4, 0.5) is 4.39 Å². The van der Waals surface area contributed by atoms with Crippen molar-refractivity contribution >= 4 is 40.0 Å². The Kier molecular flexibility index (Phi) is 11.4. The molecule has 0 spiro atoms. The summed E-state index contributed by atoms with van der Waals surface area (Å²) >= 11 is 0. The molecule has 0 radical (unpaired) electrons. The van der Waals surface area contributed by atoms with Crippen LogP contribution in [0.25, 0.3) is 0 Å². The van der Waals surface area contributed by atoms with E-state index >= 15 is 0 Å². The number of sulfonamides is 1. The van der Waals surface area contributed by atoms with E-state index in [0.717, 1.165) is 11.1 Å². The van der Waals surface area contributed by atoms with Crippen molar-refractivity contribution < 1.29 is 17.5 Å². The first-order valence-electron chi connectivity index (χ1n) is 9.57. The summed E-state index contributed by atoms with van der Waals surface area (Å²) in [6.07, 6.45) is 0. The van der Waals surface area contributed by atoms with Gasteiger partial charge in [0.2, 0.25) is 10.0 Å². The molecule has 1 unspecified atom stereocenters. The molecule has 2 rings (SSSR count). The fourth-order valence-corrected chi connectivity index (χ4v) is 3.71. The second-order valence-corrected chi connectivity index (χ2v) is 8.60. The lowest BCUT2D eigenvalue weighted by Crippen LogP contribution is -2.38. The molecule has 172 valence electrons. The van der Waals surface area contributed by atoms with Gasteiger partial charge in [-0.2, -0.15) is 0 Å². The zero-order valence-corrected chi connectivity index (χ0v) is 21.3. The van der Waals surface area contributed by atoms with Crippen LogP contribution in [0, 0.1) is 12.7 Å². The quantitative estimate of drug-likeness (QED) is 0.189. The van der Waals surface area contributed by atoms with Crippen molar-refractivity contribution in [2.75, 3.05) is 27.3 Å². The highest BCUT2D eigenvalue weighted by molar-refractivity contribution is 14.0. The molecule has 0 fully saturated rings. The second-order valence-electron chi connectivity index (χ2n) is 6.83. The van der Waals surface area contributed by atoms with E-state index in [1.165, 1.54) is 13.2 Å². The summed E-state index contributed by atoms with van der Waals surface area (Å²) in [5.74, 6) is 0.317. The van der Waals surface area contributed by atoms with Crippen LogP contribution in [-0.2, 0) is 21.3 Å². The Hall–Kier alpha value is -1.76. The molecular formula is C21H30FIN4O3S. The van der Waals surface area contributed by atoms with E-state index < -0.39 is 10.0 Å². The van der Waals surface area contributed by atoms with Crippen LogP contribution in [0.2, 0.25) is 0 Å². The van der Waals surface area contributed by atoms with Gasteiger partial charge in [-0.05, 0) is 48.7 Å². The molecule has 7 nitrogen and oxygen atoms in total. The molecule has 3 N–H and O–H groups in total. The molecule has 0 aliphatic carbocycles. The summed E-state index contributed by atoms with van der Waals surface area (Å²) < 4.78 is 45.5. The van der Waals surface area contributed by atoms with Gasteiger partial charge >= 0.3 is 0 Å². The highest BCUT2D eigenvalue weighted by Gasteiger charge is 2.13. The van der Waals surface area contributed by atoms with E-state index in [9.17, 15) is 12.8 Å². The van der Waals surface area contributed by atoms with Crippen LogP contribution in [0.3, 0.4) is 0 Å². The molecule has 2 aromatic carbocycles. The van der Waals surface area contributed by atoms with E-state index in [1.807, 2.05) is 13.0 Å². The Morgan fingerprint density at radius 3 is 2.45 bits per heavy atom. The molecule has 0 heterocycles.